The van der Waals surface area contributed by atoms with Crippen molar-refractivity contribution in [3.63, 3.8) is 0 Å². The smallest absolute Gasteiger partial charge is 0.285 e. The number of rotatable bonds is 4. The topological polar surface area (TPSA) is 79.4 Å². The summed E-state index contributed by atoms with van der Waals surface area (Å²) in [6, 6.07) is 5.81. The molecule has 0 bridgehead atoms. The molecule has 0 spiro atoms. The number of anilines is 1. The van der Waals surface area contributed by atoms with E-state index in [-0.39, 0.29) is 5.02 Å². The molecule has 0 aliphatic carbocycles. The number of hydrogen-bond acceptors (Lipinski definition) is 5. The Labute approximate surface area is 126 Å². The maximum absolute atomic E-state index is 11.3. The van der Waals surface area contributed by atoms with E-state index in [0.29, 0.717) is 11.4 Å². The fourth-order valence-electron chi connectivity index (χ4n) is 1.77. The van der Waals surface area contributed by atoms with Crippen LogP contribution in [0, 0.1) is 6.92 Å². The highest BCUT2D eigenvalue weighted by Gasteiger charge is 2.08. The predicted octanol–water partition coefficient (Wildman–Crippen LogP) is 2.58. The number of benzene rings is 1. The Morgan fingerprint density at radius 3 is 2.95 bits per heavy atom. The van der Waals surface area contributed by atoms with Gasteiger partial charge >= 0.3 is 0 Å². The molecule has 110 valence electrons. The maximum Gasteiger partial charge on any atom is 0.285 e. The number of ether oxygens (including phenoxy) is 1. The number of nitrogens with one attached hydrogen (secondary N) is 2. The number of aryl methyl sites for hydroxylation is 1. The van der Waals surface area contributed by atoms with Crippen LogP contribution in [0.5, 0.6) is 5.75 Å². The van der Waals surface area contributed by atoms with Crippen molar-refractivity contribution in [1.29, 1.82) is 0 Å². The minimum atomic E-state index is -0.470. The Morgan fingerprint density at radius 1 is 1.48 bits per heavy atom. The van der Waals surface area contributed by atoms with Gasteiger partial charge in [-0.3, -0.25) is 10.2 Å². The second-order valence-corrected chi connectivity index (χ2v) is 4.82. The van der Waals surface area contributed by atoms with Crippen molar-refractivity contribution in [2.75, 3.05) is 12.5 Å². The molecule has 2 rings (SSSR count). The van der Waals surface area contributed by atoms with Gasteiger partial charge < -0.3 is 4.74 Å². The number of aromatic amines is 1. The van der Waals surface area contributed by atoms with E-state index in [9.17, 15) is 4.79 Å². The average Bonchev–Trinajstić information content (AvgIpc) is 2.48. The molecule has 1 aromatic heterocycles. The van der Waals surface area contributed by atoms with Gasteiger partial charge in [-0.15, -0.1) is 0 Å². The third-order valence-electron chi connectivity index (χ3n) is 2.88. The van der Waals surface area contributed by atoms with E-state index in [4.69, 9.17) is 16.3 Å². The normalized spacial score (nSPS) is 11.3. The molecule has 1 heterocycles. The molecule has 6 nitrogen and oxygen atoms in total. The summed E-state index contributed by atoms with van der Waals surface area (Å²) in [5.74, 6) is 0.721. The van der Waals surface area contributed by atoms with Crippen LogP contribution in [0.2, 0.25) is 5.02 Å². The Hall–Kier alpha value is -2.34. The zero-order valence-corrected chi connectivity index (χ0v) is 12.7. The SMILES string of the molecule is COc1ccc(C)cc1/C(C)=N\Nc1cn[nH]c(=O)c1Cl. The van der Waals surface area contributed by atoms with Crippen molar-refractivity contribution in [2.45, 2.75) is 13.8 Å². The molecule has 2 N–H and O–H groups in total. The highest BCUT2D eigenvalue weighted by atomic mass is 35.5. The molecule has 2 aromatic rings. The van der Waals surface area contributed by atoms with E-state index < -0.39 is 5.56 Å². The summed E-state index contributed by atoms with van der Waals surface area (Å²) in [4.78, 5) is 11.3. The third kappa shape index (κ3) is 3.41. The standard InChI is InChI=1S/C14H15ClN4O2/c1-8-4-5-12(21-3)10(6-8)9(2)17-18-11-7-16-19-14(20)13(11)15/h4-7H,1-3H3,(H2,18,19,20)/b17-9-. The molecule has 0 saturated carbocycles. The van der Waals surface area contributed by atoms with Crippen LogP contribution in [0.25, 0.3) is 0 Å². The molecule has 0 radical (unpaired) electrons. The zero-order chi connectivity index (χ0) is 15.4. The molecule has 0 amide bonds. The number of halogens is 1. The van der Waals surface area contributed by atoms with E-state index in [2.05, 4.69) is 20.7 Å². The molecule has 7 heteroatoms. The first-order chi connectivity index (χ1) is 10.0. The highest BCUT2D eigenvalue weighted by molar-refractivity contribution is 6.32. The summed E-state index contributed by atoms with van der Waals surface area (Å²) in [6.45, 7) is 3.82. The summed E-state index contributed by atoms with van der Waals surface area (Å²) in [7, 11) is 1.60. The summed E-state index contributed by atoms with van der Waals surface area (Å²) in [5, 5.41) is 10.1. The van der Waals surface area contributed by atoms with Gasteiger partial charge in [0, 0.05) is 5.56 Å². The first-order valence-electron chi connectivity index (χ1n) is 6.21. The molecule has 21 heavy (non-hydrogen) atoms. The van der Waals surface area contributed by atoms with Crippen molar-refractivity contribution >= 4 is 23.0 Å². The minimum absolute atomic E-state index is 0.0118. The fraction of sp³-hybridized carbons (Fsp3) is 0.214. The van der Waals surface area contributed by atoms with Gasteiger partial charge in [0.15, 0.2) is 0 Å². The third-order valence-corrected chi connectivity index (χ3v) is 3.26. The van der Waals surface area contributed by atoms with Crippen LogP contribution < -0.4 is 15.7 Å². The van der Waals surface area contributed by atoms with Gasteiger partial charge in [0.1, 0.15) is 16.5 Å². The highest BCUT2D eigenvalue weighted by Crippen LogP contribution is 2.21. The quantitative estimate of drug-likeness (QED) is 0.672. The van der Waals surface area contributed by atoms with Crippen LogP contribution in [-0.4, -0.2) is 23.0 Å². The molecule has 0 aliphatic heterocycles. The number of nitrogens with zero attached hydrogens (tertiary/aromatic N) is 2. The number of aromatic nitrogens is 2. The molecule has 0 atom stereocenters. The van der Waals surface area contributed by atoms with Crippen LogP contribution in [0.3, 0.4) is 0 Å². The monoisotopic (exact) mass is 306 g/mol. The second kappa shape index (κ2) is 6.41. The van der Waals surface area contributed by atoms with Crippen molar-refractivity contribution in [3.8, 4) is 5.75 Å². The van der Waals surface area contributed by atoms with Gasteiger partial charge in [0.25, 0.3) is 5.56 Å². The van der Waals surface area contributed by atoms with E-state index in [0.717, 1.165) is 16.9 Å². The molecule has 0 aliphatic rings. The lowest BCUT2D eigenvalue weighted by Gasteiger charge is -2.09. The molecular formula is C14H15ClN4O2. The summed E-state index contributed by atoms with van der Waals surface area (Å²) >= 11 is 5.87. The van der Waals surface area contributed by atoms with E-state index in [1.165, 1.54) is 6.20 Å². The van der Waals surface area contributed by atoms with Gasteiger partial charge in [-0.05, 0) is 26.0 Å². The van der Waals surface area contributed by atoms with Gasteiger partial charge in [0.2, 0.25) is 0 Å². The van der Waals surface area contributed by atoms with Crippen LogP contribution >= 0.6 is 11.6 Å². The van der Waals surface area contributed by atoms with Gasteiger partial charge in [0.05, 0.1) is 19.0 Å². The number of hydrogen-bond donors (Lipinski definition) is 2. The maximum atomic E-state index is 11.3. The molecule has 1 aromatic carbocycles. The van der Waals surface area contributed by atoms with Gasteiger partial charge in [-0.25, -0.2) is 5.10 Å². The van der Waals surface area contributed by atoms with Gasteiger partial charge in [-0.2, -0.15) is 10.2 Å². The van der Waals surface area contributed by atoms with Crippen LogP contribution in [0.4, 0.5) is 5.69 Å². The van der Waals surface area contributed by atoms with Crippen molar-refractivity contribution < 1.29 is 4.74 Å². The number of methoxy groups -OCH3 is 1. The molecule has 0 fully saturated rings. The average molecular weight is 307 g/mol. The van der Waals surface area contributed by atoms with Crippen LogP contribution in [0.15, 0.2) is 34.3 Å². The zero-order valence-electron chi connectivity index (χ0n) is 11.9. The van der Waals surface area contributed by atoms with Crippen LogP contribution in [-0.2, 0) is 0 Å². The Bertz CT molecular complexity index is 740. The number of hydrazone groups is 1. The lowest BCUT2D eigenvalue weighted by Crippen LogP contribution is -2.11. The molecule has 0 saturated heterocycles. The van der Waals surface area contributed by atoms with Crippen molar-refractivity contribution in [1.82, 2.24) is 10.2 Å². The molecule has 0 unspecified atom stereocenters. The lowest BCUT2D eigenvalue weighted by molar-refractivity contribution is 0.414. The largest absolute Gasteiger partial charge is 0.496 e. The Balaban J connectivity index is 2.31. The summed E-state index contributed by atoms with van der Waals surface area (Å²) in [6.07, 6.45) is 1.40. The second-order valence-electron chi connectivity index (χ2n) is 4.44. The van der Waals surface area contributed by atoms with Crippen molar-refractivity contribution in [3.05, 3.63) is 50.9 Å². The summed E-state index contributed by atoms with van der Waals surface area (Å²) < 4.78 is 5.31. The van der Waals surface area contributed by atoms with E-state index in [1.807, 2.05) is 32.0 Å². The Morgan fingerprint density at radius 2 is 2.24 bits per heavy atom. The first kappa shape index (κ1) is 15.1. The van der Waals surface area contributed by atoms with Crippen LogP contribution in [0.1, 0.15) is 18.1 Å². The number of H-pyrrole nitrogens is 1. The Kier molecular flexibility index (Phi) is 4.59. The van der Waals surface area contributed by atoms with Gasteiger partial charge in [-0.1, -0.05) is 23.2 Å². The van der Waals surface area contributed by atoms with E-state index in [1.54, 1.807) is 7.11 Å². The summed E-state index contributed by atoms with van der Waals surface area (Å²) in [5.41, 5.74) is 5.26. The van der Waals surface area contributed by atoms with Crippen molar-refractivity contribution in [2.24, 2.45) is 5.10 Å². The minimum Gasteiger partial charge on any atom is -0.496 e. The fourth-order valence-corrected chi connectivity index (χ4v) is 1.90. The predicted molar refractivity (Wildman–Crippen MR) is 83.4 cm³/mol. The van der Waals surface area contributed by atoms with E-state index >= 15 is 0 Å². The first-order valence-corrected chi connectivity index (χ1v) is 6.59. The lowest BCUT2D eigenvalue weighted by atomic mass is 10.1. The molecular weight excluding hydrogens is 292 g/mol.